The van der Waals surface area contributed by atoms with Crippen LogP contribution in [-0.2, 0) is 4.79 Å². The average Bonchev–Trinajstić information content (AvgIpc) is 2.61. The van der Waals surface area contributed by atoms with Crippen molar-refractivity contribution in [1.29, 1.82) is 0 Å². The Bertz CT molecular complexity index is 542. The molecular formula is C17H27N5O. The predicted molar refractivity (Wildman–Crippen MR) is 90.4 cm³/mol. The second kappa shape index (κ2) is 7.25. The Morgan fingerprint density at radius 2 is 2.04 bits per heavy atom. The molecule has 126 valence electrons. The lowest BCUT2D eigenvalue weighted by Gasteiger charge is -2.38. The molecule has 2 fully saturated rings. The molecule has 3 heterocycles. The summed E-state index contributed by atoms with van der Waals surface area (Å²) in [5, 5.41) is 0. The van der Waals surface area contributed by atoms with Gasteiger partial charge in [-0.1, -0.05) is 6.92 Å². The van der Waals surface area contributed by atoms with Crippen LogP contribution in [0.15, 0.2) is 12.3 Å². The molecule has 3 rings (SSSR count). The lowest BCUT2D eigenvalue weighted by molar-refractivity contribution is -0.137. The number of aromatic nitrogens is 2. The van der Waals surface area contributed by atoms with Crippen LogP contribution in [0.4, 0.5) is 5.95 Å². The van der Waals surface area contributed by atoms with Crippen LogP contribution >= 0.6 is 0 Å². The topological polar surface area (TPSA) is 52.6 Å². The minimum atomic E-state index is 0.0843. The van der Waals surface area contributed by atoms with Crippen LogP contribution in [0.1, 0.15) is 25.5 Å². The Labute approximate surface area is 138 Å². The third kappa shape index (κ3) is 3.80. The molecule has 0 radical (unpaired) electrons. The zero-order valence-electron chi connectivity index (χ0n) is 14.2. The Morgan fingerprint density at radius 1 is 1.26 bits per heavy atom. The maximum atomic E-state index is 12.8. The Kier molecular flexibility index (Phi) is 5.10. The second-order valence-electron chi connectivity index (χ2n) is 6.54. The van der Waals surface area contributed by atoms with Crippen molar-refractivity contribution < 1.29 is 4.79 Å². The molecule has 1 unspecified atom stereocenters. The monoisotopic (exact) mass is 317 g/mol. The van der Waals surface area contributed by atoms with Gasteiger partial charge in [-0.2, -0.15) is 0 Å². The molecule has 2 aliphatic rings. The lowest BCUT2D eigenvalue weighted by atomic mass is 9.96. The maximum absolute atomic E-state index is 12.8. The van der Waals surface area contributed by atoms with Crippen LogP contribution in [0.3, 0.4) is 0 Å². The van der Waals surface area contributed by atoms with Gasteiger partial charge in [0.15, 0.2) is 0 Å². The first-order valence-corrected chi connectivity index (χ1v) is 8.73. The minimum Gasteiger partial charge on any atom is -0.340 e. The minimum absolute atomic E-state index is 0.0843. The van der Waals surface area contributed by atoms with Crippen molar-refractivity contribution in [1.82, 2.24) is 19.8 Å². The van der Waals surface area contributed by atoms with E-state index in [0.29, 0.717) is 5.91 Å². The van der Waals surface area contributed by atoms with Gasteiger partial charge in [-0.15, -0.1) is 0 Å². The molecule has 0 spiro atoms. The first-order chi connectivity index (χ1) is 11.2. The van der Waals surface area contributed by atoms with Crippen molar-refractivity contribution in [3.05, 3.63) is 18.0 Å². The molecule has 1 aromatic rings. The number of aryl methyl sites for hydroxylation is 1. The van der Waals surface area contributed by atoms with Crippen LogP contribution in [-0.4, -0.2) is 71.5 Å². The molecule has 2 aliphatic heterocycles. The summed E-state index contributed by atoms with van der Waals surface area (Å²) in [5.74, 6) is 1.16. The summed E-state index contributed by atoms with van der Waals surface area (Å²) in [6, 6.07) is 1.91. The lowest BCUT2D eigenvalue weighted by Crippen LogP contribution is -2.52. The van der Waals surface area contributed by atoms with Gasteiger partial charge < -0.3 is 14.7 Å². The van der Waals surface area contributed by atoms with Crippen molar-refractivity contribution in [3.63, 3.8) is 0 Å². The fourth-order valence-corrected chi connectivity index (χ4v) is 3.49. The van der Waals surface area contributed by atoms with Gasteiger partial charge in [-0.3, -0.25) is 4.79 Å². The number of hydrogen-bond acceptors (Lipinski definition) is 5. The molecule has 6 heteroatoms. The number of carbonyl (C=O) groups excluding carboxylic acids is 1. The van der Waals surface area contributed by atoms with Gasteiger partial charge >= 0.3 is 0 Å². The summed E-state index contributed by atoms with van der Waals surface area (Å²) in [6.45, 7) is 10.6. The van der Waals surface area contributed by atoms with Gasteiger partial charge in [0, 0.05) is 51.2 Å². The van der Waals surface area contributed by atoms with Crippen LogP contribution in [0.25, 0.3) is 0 Å². The third-order valence-corrected chi connectivity index (χ3v) is 4.97. The summed E-state index contributed by atoms with van der Waals surface area (Å²) >= 11 is 0. The number of nitrogens with zero attached hydrogens (tertiary/aromatic N) is 5. The highest BCUT2D eigenvalue weighted by molar-refractivity contribution is 5.79. The van der Waals surface area contributed by atoms with Crippen molar-refractivity contribution in [3.8, 4) is 0 Å². The number of hydrogen-bond donors (Lipinski definition) is 0. The number of piperidine rings is 1. The Morgan fingerprint density at radius 3 is 2.74 bits per heavy atom. The number of carbonyl (C=O) groups is 1. The molecule has 1 amide bonds. The standard InChI is InChI=1S/C17H27N5O/c1-3-20-9-11-21(12-10-20)16(23)15-5-4-8-22(13-15)17-18-7-6-14(2)19-17/h6-7,15H,3-5,8-13H2,1-2H3. The summed E-state index contributed by atoms with van der Waals surface area (Å²) in [7, 11) is 0. The fraction of sp³-hybridized carbons (Fsp3) is 0.706. The molecule has 0 aliphatic carbocycles. The zero-order chi connectivity index (χ0) is 16.2. The maximum Gasteiger partial charge on any atom is 0.227 e. The molecule has 1 aromatic heterocycles. The SMILES string of the molecule is CCN1CCN(C(=O)C2CCCN(c3nccc(C)n3)C2)CC1. The average molecular weight is 317 g/mol. The predicted octanol–water partition coefficient (Wildman–Crippen LogP) is 1.17. The molecule has 2 saturated heterocycles. The highest BCUT2D eigenvalue weighted by Gasteiger charge is 2.31. The van der Waals surface area contributed by atoms with Crippen LogP contribution in [0.2, 0.25) is 0 Å². The van der Waals surface area contributed by atoms with Crippen molar-refractivity contribution in [2.45, 2.75) is 26.7 Å². The van der Waals surface area contributed by atoms with Crippen molar-refractivity contribution in [2.24, 2.45) is 5.92 Å². The number of anilines is 1. The van der Waals surface area contributed by atoms with E-state index in [4.69, 9.17) is 0 Å². The van der Waals surface area contributed by atoms with Crippen LogP contribution in [0, 0.1) is 12.8 Å². The molecule has 0 saturated carbocycles. The summed E-state index contributed by atoms with van der Waals surface area (Å²) in [5.41, 5.74) is 0.971. The van der Waals surface area contributed by atoms with E-state index in [1.54, 1.807) is 6.20 Å². The zero-order valence-corrected chi connectivity index (χ0v) is 14.2. The number of rotatable bonds is 3. The molecule has 0 bridgehead atoms. The normalized spacial score (nSPS) is 23.1. The molecule has 0 aromatic carbocycles. The first kappa shape index (κ1) is 16.2. The highest BCUT2D eigenvalue weighted by atomic mass is 16.2. The Balaban J connectivity index is 1.61. The molecule has 23 heavy (non-hydrogen) atoms. The van der Waals surface area contributed by atoms with Gasteiger partial charge in [0.25, 0.3) is 0 Å². The van der Waals surface area contributed by atoms with E-state index in [0.717, 1.165) is 70.3 Å². The van der Waals surface area contributed by atoms with Crippen LogP contribution in [0.5, 0.6) is 0 Å². The molecule has 0 N–H and O–H groups in total. The molecular weight excluding hydrogens is 290 g/mol. The second-order valence-corrected chi connectivity index (χ2v) is 6.54. The number of likely N-dealkylation sites (N-methyl/N-ethyl adjacent to an activating group) is 1. The van der Waals surface area contributed by atoms with Gasteiger partial charge in [0.05, 0.1) is 5.92 Å². The van der Waals surface area contributed by atoms with Crippen molar-refractivity contribution in [2.75, 3.05) is 50.7 Å². The van der Waals surface area contributed by atoms with E-state index in [-0.39, 0.29) is 5.92 Å². The number of amides is 1. The van der Waals surface area contributed by atoms with E-state index >= 15 is 0 Å². The molecule has 6 nitrogen and oxygen atoms in total. The van der Waals surface area contributed by atoms with E-state index in [9.17, 15) is 4.79 Å². The van der Waals surface area contributed by atoms with Crippen molar-refractivity contribution >= 4 is 11.9 Å². The van der Waals surface area contributed by atoms with Gasteiger partial charge in [0.2, 0.25) is 11.9 Å². The quantitative estimate of drug-likeness (QED) is 0.837. The fourth-order valence-electron chi connectivity index (χ4n) is 3.49. The largest absolute Gasteiger partial charge is 0.340 e. The summed E-state index contributed by atoms with van der Waals surface area (Å²) < 4.78 is 0. The summed E-state index contributed by atoms with van der Waals surface area (Å²) in [6.07, 6.45) is 3.81. The van der Waals surface area contributed by atoms with E-state index < -0.39 is 0 Å². The smallest absolute Gasteiger partial charge is 0.227 e. The van der Waals surface area contributed by atoms with E-state index in [1.807, 2.05) is 13.0 Å². The first-order valence-electron chi connectivity index (χ1n) is 8.73. The number of piperazine rings is 1. The highest BCUT2D eigenvalue weighted by Crippen LogP contribution is 2.22. The summed E-state index contributed by atoms with van der Waals surface area (Å²) in [4.78, 5) is 28.3. The van der Waals surface area contributed by atoms with Gasteiger partial charge in [-0.25, -0.2) is 9.97 Å². The molecule has 1 atom stereocenters. The third-order valence-electron chi connectivity index (χ3n) is 4.97. The Hall–Kier alpha value is -1.69. The van der Waals surface area contributed by atoms with E-state index in [2.05, 4.69) is 31.6 Å². The van der Waals surface area contributed by atoms with Crippen LogP contribution < -0.4 is 4.90 Å². The van der Waals surface area contributed by atoms with Gasteiger partial charge in [0.1, 0.15) is 0 Å². The van der Waals surface area contributed by atoms with E-state index in [1.165, 1.54) is 0 Å². The van der Waals surface area contributed by atoms with Gasteiger partial charge in [-0.05, 0) is 32.4 Å².